The van der Waals surface area contributed by atoms with Crippen molar-refractivity contribution in [1.82, 2.24) is 0 Å². The van der Waals surface area contributed by atoms with E-state index in [9.17, 15) is 0 Å². The first-order valence-corrected chi connectivity index (χ1v) is 3.88. The van der Waals surface area contributed by atoms with Gasteiger partial charge >= 0.3 is 0 Å². The number of hydrogen-bond donors (Lipinski definition) is 0. The summed E-state index contributed by atoms with van der Waals surface area (Å²) < 4.78 is 0. The molecule has 0 aromatic carbocycles. The summed E-state index contributed by atoms with van der Waals surface area (Å²) in [6, 6.07) is 0. The average Bonchev–Trinajstić information content (AvgIpc) is 2.13. The second-order valence-corrected chi connectivity index (χ2v) is 2.67. The summed E-state index contributed by atoms with van der Waals surface area (Å²) in [6.07, 6.45) is 10.0. The Labute approximate surface area is 62.9 Å². The highest BCUT2D eigenvalue weighted by molar-refractivity contribution is 5.30. The van der Waals surface area contributed by atoms with Crippen molar-refractivity contribution in [1.29, 1.82) is 0 Å². The highest BCUT2D eigenvalue weighted by Gasteiger charge is 1.95. The summed E-state index contributed by atoms with van der Waals surface area (Å²) in [6.45, 7) is 6.13. The summed E-state index contributed by atoms with van der Waals surface area (Å²) in [5, 5.41) is 0. The van der Waals surface area contributed by atoms with E-state index in [0.717, 1.165) is 19.3 Å². The van der Waals surface area contributed by atoms with Gasteiger partial charge in [-0.1, -0.05) is 37.3 Å². The van der Waals surface area contributed by atoms with Crippen molar-refractivity contribution in [2.75, 3.05) is 0 Å². The molecule has 0 heterocycles. The Kier molecular flexibility index (Phi) is 2.49. The van der Waals surface area contributed by atoms with Crippen LogP contribution in [0.1, 0.15) is 26.2 Å². The van der Waals surface area contributed by atoms with Crippen LogP contribution < -0.4 is 0 Å². The third kappa shape index (κ3) is 1.87. The van der Waals surface area contributed by atoms with Crippen molar-refractivity contribution < 1.29 is 0 Å². The lowest BCUT2D eigenvalue weighted by Gasteiger charge is -1.94. The Hall–Kier alpha value is -0.780. The summed E-state index contributed by atoms with van der Waals surface area (Å²) >= 11 is 0. The van der Waals surface area contributed by atoms with Crippen molar-refractivity contribution in [2.45, 2.75) is 26.2 Å². The molecule has 0 saturated carbocycles. The standard InChI is InChI=1S/C10H14/c1-3-10-7-5-4-6-9(2)8-10/h5,7-8H,2-4,6H2,1H3. The van der Waals surface area contributed by atoms with Crippen LogP contribution in [-0.4, -0.2) is 0 Å². The lowest BCUT2D eigenvalue weighted by atomic mass is 10.1. The summed E-state index contributed by atoms with van der Waals surface area (Å²) in [5.74, 6) is 0. The quantitative estimate of drug-likeness (QED) is 0.516. The molecule has 0 bridgehead atoms. The van der Waals surface area contributed by atoms with E-state index in [-0.39, 0.29) is 0 Å². The maximum atomic E-state index is 3.96. The van der Waals surface area contributed by atoms with Crippen LogP contribution >= 0.6 is 0 Å². The maximum absolute atomic E-state index is 3.96. The van der Waals surface area contributed by atoms with E-state index in [1.807, 2.05) is 0 Å². The van der Waals surface area contributed by atoms with Gasteiger partial charge in [-0.25, -0.2) is 0 Å². The van der Waals surface area contributed by atoms with Crippen LogP contribution in [0.3, 0.4) is 0 Å². The molecule has 0 atom stereocenters. The van der Waals surface area contributed by atoms with E-state index in [1.54, 1.807) is 0 Å². The van der Waals surface area contributed by atoms with Gasteiger partial charge in [-0.15, -0.1) is 0 Å². The van der Waals surface area contributed by atoms with E-state index in [2.05, 4.69) is 31.7 Å². The van der Waals surface area contributed by atoms with Gasteiger partial charge in [-0.2, -0.15) is 0 Å². The summed E-state index contributed by atoms with van der Waals surface area (Å²) in [7, 11) is 0. The normalized spacial score (nSPS) is 18.5. The smallest absolute Gasteiger partial charge is 0.0250 e. The monoisotopic (exact) mass is 134 g/mol. The molecule has 0 saturated heterocycles. The van der Waals surface area contributed by atoms with Crippen LogP contribution in [0.25, 0.3) is 0 Å². The maximum Gasteiger partial charge on any atom is -0.0250 e. The molecule has 0 aromatic heterocycles. The Morgan fingerprint density at radius 2 is 2.40 bits per heavy atom. The molecule has 0 aliphatic heterocycles. The largest absolute Gasteiger partial charge is 0.0958 e. The number of hydrogen-bond acceptors (Lipinski definition) is 0. The van der Waals surface area contributed by atoms with Crippen LogP contribution in [0, 0.1) is 0 Å². The predicted molar refractivity (Wildman–Crippen MR) is 45.9 cm³/mol. The van der Waals surface area contributed by atoms with E-state index < -0.39 is 0 Å². The van der Waals surface area contributed by atoms with Crippen LogP contribution in [0.5, 0.6) is 0 Å². The molecule has 0 fully saturated rings. The van der Waals surface area contributed by atoms with Crippen molar-refractivity contribution in [3.63, 3.8) is 0 Å². The molecule has 54 valence electrons. The Bertz CT molecular complexity index is 182. The van der Waals surface area contributed by atoms with E-state index in [4.69, 9.17) is 0 Å². The molecule has 0 aromatic rings. The van der Waals surface area contributed by atoms with Gasteiger partial charge in [0.25, 0.3) is 0 Å². The van der Waals surface area contributed by atoms with Crippen LogP contribution in [-0.2, 0) is 0 Å². The van der Waals surface area contributed by atoms with Gasteiger partial charge < -0.3 is 0 Å². The minimum atomic E-state index is 1.12. The van der Waals surface area contributed by atoms with Gasteiger partial charge in [0, 0.05) is 0 Å². The van der Waals surface area contributed by atoms with Crippen molar-refractivity contribution in [3.8, 4) is 0 Å². The van der Waals surface area contributed by atoms with Gasteiger partial charge in [0.15, 0.2) is 0 Å². The third-order valence-electron chi connectivity index (χ3n) is 1.76. The Balaban J connectivity index is 2.72. The van der Waals surface area contributed by atoms with Crippen LogP contribution in [0.2, 0.25) is 0 Å². The SMILES string of the molecule is C=C1C=C(CC)C=CCC1. The van der Waals surface area contributed by atoms with Crippen molar-refractivity contribution in [3.05, 3.63) is 36.0 Å². The van der Waals surface area contributed by atoms with Crippen molar-refractivity contribution >= 4 is 0 Å². The first kappa shape index (κ1) is 7.33. The molecular weight excluding hydrogens is 120 g/mol. The lowest BCUT2D eigenvalue weighted by molar-refractivity contribution is 1.02. The van der Waals surface area contributed by atoms with Gasteiger partial charge in [-0.3, -0.25) is 0 Å². The van der Waals surface area contributed by atoms with Crippen LogP contribution in [0.15, 0.2) is 36.0 Å². The first-order chi connectivity index (χ1) is 4.83. The Morgan fingerprint density at radius 3 is 3.10 bits per heavy atom. The van der Waals surface area contributed by atoms with Gasteiger partial charge in [0.2, 0.25) is 0 Å². The van der Waals surface area contributed by atoms with Gasteiger partial charge in [-0.05, 0) is 24.8 Å². The predicted octanol–water partition coefficient (Wildman–Crippen LogP) is 3.23. The zero-order chi connectivity index (χ0) is 7.40. The zero-order valence-corrected chi connectivity index (χ0v) is 6.56. The molecule has 0 unspecified atom stereocenters. The van der Waals surface area contributed by atoms with E-state index >= 15 is 0 Å². The average molecular weight is 134 g/mol. The topological polar surface area (TPSA) is 0 Å². The minimum Gasteiger partial charge on any atom is -0.0958 e. The van der Waals surface area contributed by atoms with E-state index in [0.29, 0.717) is 0 Å². The molecule has 0 radical (unpaired) electrons. The van der Waals surface area contributed by atoms with Gasteiger partial charge in [0.1, 0.15) is 0 Å². The Morgan fingerprint density at radius 1 is 1.60 bits per heavy atom. The first-order valence-electron chi connectivity index (χ1n) is 3.88. The number of rotatable bonds is 1. The molecule has 0 nitrogen and oxygen atoms in total. The van der Waals surface area contributed by atoms with E-state index in [1.165, 1.54) is 11.1 Å². The fraction of sp³-hybridized carbons (Fsp3) is 0.400. The van der Waals surface area contributed by atoms with Crippen molar-refractivity contribution in [2.24, 2.45) is 0 Å². The van der Waals surface area contributed by atoms with Gasteiger partial charge in [0.05, 0.1) is 0 Å². The fourth-order valence-electron chi connectivity index (χ4n) is 1.11. The van der Waals surface area contributed by atoms with Crippen LogP contribution in [0.4, 0.5) is 0 Å². The summed E-state index contributed by atoms with van der Waals surface area (Å²) in [4.78, 5) is 0. The molecule has 10 heavy (non-hydrogen) atoms. The molecule has 1 aliphatic carbocycles. The molecule has 0 spiro atoms. The highest BCUT2D eigenvalue weighted by atomic mass is 14.0. The molecule has 1 rings (SSSR count). The zero-order valence-electron chi connectivity index (χ0n) is 6.56. The molecule has 0 heteroatoms. The second-order valence-electron chi connectivity index (χ2n) is 2.67. The minimum absolute atomic E-state index is 1.12. The third-order valence-corrected chi connectivity index (χ3v) is 1.76. The number of allylic oxidation sites excluding steroid dienone is 5. The molecule has 0 amide bonds. The second kappa shape index (κ2) is 3.40. The lowest BCUT2D eigenvalue weighted by Crippen LogP contribution is -1.74. The molecule has 1 aliphatic rings. The highest BCUT2D eigenvalue weighted by Crippen LogP contribution is 2.15. The fourth-order valence-corrected chi connectivity index (χ4v) is 1.11. The molecular formula is C10H14. The molecule has 0 N–H and O–H groups in total. The summed E-state index contributed by atoms with van der Waals surface area (Å²) in [5.41, 5.74) is 2.67.